The zero-order chi connectivity index (χ0) is 15.3. The summed E-state index contributed by atoms with van der Waals surface area (Å²) < 4.78 is 0. The highest BCUT2D eigenvalue weighted by atomic mass is 16.1. The number of amides is 1. The van der Waals surface area contributed by atoms with Gasteiger partial charge in [0.15, 0.2) is 0 Å². The van der Waals surface area contributed by atoms with Gasteiger partial charge in [-0.15, -0.1) is 0 Å². The molecule has 1 aromatic rings. The van der Waals surface area contributed by atoms with E-state index in [4.69, 9.17) is 0 Å². The molecular weight excluding hydrogens is 254 g/mol. The van der Waals surface area contributed by atoms with E-state index < -0.39 is 0 Å². The average molecular weight is 279 g/mol. The number of nitrogens with zero attached hydrogens (tertiary/aromatic N) is 3. The van der Waals surface area contributed by atoms with E-state index in [-0.39, 0.29) is 11.4 Å². The molecule has 0 saturated heterocycles. The van der Waals surface area contributed by atoms with Gasteiger partial charge in [0.25, 0.3) is 5.91 Å². The van der Waals surface area contributed by atoms with Crippen LogP contribution in [0.2, 0.25) is 0 Å². The molecule has 1 amide bonds. The Kier molecular flexibility index (Phi) is 5.44. The molecule has 6 nitrogen and oxygen atoms in total. The zero-order valence-electron chi connectivity index (χ0n) is 13.2. The van der Waals surface area contributed by atoms with Gasteiger partial charge in [0, 0.05) is 24.7 Å². The van der Waals surface area contributed by atoms with E-state index >= 15 is 0 Å². The number of rotatable bonds is 5. The van der Waals surface area contributed by atoms with E-state index in [0.717, 1.165) is 6.54 Å². The lowest BCUT2D eigenvalue weighted by atomic mass is 10.1. The van der Waals surface area contributed by atoms with Gasteiger partial charge in [0.05, 0.1) is 0 Å². The normalized spacial score (nSPS) is 11.6. The predicted octanol–water partition coefficient (Wildman–Crippen LogP) is 1.29. The van der Waals surface area contributed by atoms with Crippen LogP contribution < -0.4 is 10.6 Å². The SMILES string of the molecule is Cc1nc(NC(C)(C)C)cc(C(=O)NCCN(C)C)n1. The second-order valence-corrected chi connectivity index (χ2v) is 6.12. The summed E-state index contributed by atoms with van der Waals surface area (Å²) in [7, 11) is 3.93. The fourth-order valence-corrected chi connectivity index (χ4v) is 1.62. The van der Waals surface area contributed by atoms with Crippen LogP contribution in [0.3, 0.4) is 0 Å². The van der Waals surface area contributed by atoms with Gasteiger partial charge in [0.2, 0.25) is 0 Å². The summed E-state index contributed by atoms with van der Waals surface area (Å²) in [6.45, 7) is 9.30. The monoisotopic (exact) mass is 279 g/mol. The Hall–Kier alpha value is -1.69. The first-order chi connectivity index (χ1) is 9.17. The van der Waals surface area contributed by atoms with Crippen molar-refractivity contribution in [3.63, 3.8) is 0 Å². The lowest BCUT2D eigenvalue weighted by Gasteiger charge is -2.21. The Labute approximate surface area is 121 Å². The summed E-state index contributed by atoms with van der Waals surface area (Å²) in [6, 6.07) is 1.68. The van der Waals surface area contributed by atoms with Gasteiger partial charge in [-0.05, 0) is 41.8 Å². The molecule has 0 saturated carbocycles. The summed E-state index contributed by atoms with van der Waals surface area (Å²) in [4.78, 5) is 22.5. The van der Waals surface area contributed by atoms with Crippen LogP contribution >= 0.6 is 0 Å². The quantitative estimate of drug-likeness (QED) is 0.850. The van der Waals surface area contributed by atoms with Crippen LogP contribution in [0.5, 0.6) is 0 Å². The molecule has 0 radical (unpaired) electrons. The summed E-state index contributed by atoms with van der Waals surface area (Å²) in [5, 5.41) is 6.10. The van der Waals surface area contributed by atoms with Crippen LogP contribution in [-0.2, 0) is 0 Å². The molecule has 1 rings (SSSR count). The largest absolute Gasteiger partial charge is 0.365 e. The van der Waals surface area contributed by atoms with E-state index in [1.807, 2.05) is 39.8 Å². The highest BCUT2D eigenvalue weighted by molar-refractivity contribution is 5.92. The van der Waals surface area contributed by atoms with Crippen molar-refractivity contribution in [3.05, 3.63) is 17.6 Å². The van der Waals surface area contributed by atoms with E-state index in [1.54, 1.807) is 13.0 Å². The van der Waals surface area contributed by atoms with Crippen LogP contribution in [0.4, 0.5) is 5.82 Å². The lowest BCUT2D eigenvalue weighted by Crippen LogP contribution is -2.32. The first-order valence-electron chi connectivity index (χ1n) is 6.74. The molecule has 1 aromatic heterocycles. The van der Waals surface area contributed by atoms with Crippen LogP contribution in [0.25, 0.3) is 0 Å². The molecule has 112 valence electrons. The molecule has 0 fully saturated rings. The molecule has 0 unspecified atom stereocenters. The van der Waals surface area contributed by atoms with Crippen LogP contribution in [0.15, 0.2) is 6.07 Å². The van der Waals surface area contributed by atoms with E-state index in [0.29, 0.717) is 23.9 Å². The Bertz CT molecular complexity index is 465. The van der Waals surface area contributed by atoms with Crippen LogP contribution in [-0.4, -0.2) is 53.5 Å². The maximum atomic E-state index is 12.0. The molecule has 0 aliphatic carbocycles. The minimum Gasteiger partial charge on any atom is -0.365 e. The van der Waals surface area contributed by atoms with Crippen LogP contribution in [0, 0.1) is 6.92 Å². The van der Waals surface area contributed by atoms with E-state index in [2.05, 4.69) is 20.6 Å². The lowest BCUT2D eigenvalue weighted by molar-refractivity contribution is 0.0945. The summed E-state index contributed by atoms with van der Waals surface area (Å²) in [5.41, 5.74) is 0.280. The van der Waals surface area contributed by atoms with Crippen molar-refractivity contribution in [2.45, 2.75) is 33.2 Å². The highest BCUT2D eigenvalue weighted by Gasteiger charge is 2.14. The topological polar surface area (TPSA) is 70.2 Å². The van der Waals surface area contributed by atoms with Gasteiger partial charge in [-0.25, -0.2) is 9.97 Å². The number of carbonyl (C=O) groups excluding carboxylic acids is 1. The zero-order valence-corrected chi connectivity index (χ0v) is 13.2. The fraction of sp³-hybridized carbons (Fsp3) is 0.643. The van der Waals surface area contributed by atoms with E-state index in [9.17, 15) is 4.79 Å². The molecule has 0 bridgehead atoms. The van der Waals surface area contributed by atoms with E-state index in [1.165, 1.54) is 0 Å². The number of hydrogen-bond donors (Lipinski definition) is 2. The number of anilines is 1. The van der Waals surface area contributed by atoms with Gasteiger partial charge in [-0.1, -0.05) is 0 Å². The van der Waals surface area contributed by atoms with Gasteiger partial charge in [0.1, 0.15) is 17.3 Å². The molecular formula is C14H25N5O. The Morgan fingerprint density at radius 2 is 1.95 bits per heavy atom. The van der Waals surface area contributed by atoms with Crippen molar-refractivity contribution in [3.8, 4) is 0 Å². The van der Waals surface area contributed by atoms with Crippen LogP contribution in [0.1, 0.15) is 37.1 Å². The highest BCUT2D eigenvalue weighted by Crippen LogP contribution is 2.13. The number of carbonyl (C=O) groups is 1. The summed E-state index contributed by atoms with van der Waals surface area (Å²) >= 11 is 0. The molecule has 6 heteroatoms. The third-order valence-corrected chi connectivity index (χ3v) is 2.42. The van der Waals surface area contributed by atoms with Crippen molar-refractivity contribution in [1.29, 1.82) is 0 Å². The number of aryl methyl sites for hydroxylation is 1. The average Bonchev–Trinajstić information content (AvgIpc) is 2.24. The molecule has 0 spiro atoms. The van der Waals surface area contributed by atoms with Gasteiger partial charge < -0.3 is 15.5 Å². The third kappa shape index (κ3) is 5.97. The number of likely N-dealkylation sites (N-methyl/N-ethyl adjacent to an activating group) is 1. The second kappa shape index (κ2) is 6.65. The molecule has 2 N–H and O–H groups in total. The number of nitrogens with one attached hydrogen (secondary N) is 2. The van der Waals surface area contributed by atoms with Crippen molar-refractivity contribution in [2.24, 2.45) is 0 Å². The molecule has 1 heterocycles. The van der Waals surface area contributed by atoms with Gasteiger partial charge in [-0.3, -0.25) is 4.79 Å². The maximum Gasteiger partial charge on any atom is 0.270 e. The second-order valence-electron chi connectivity index (χ2n) is 6.12. The van der Waals surface area contributed by atoms with Crippen molar-refractivity contribution < 1.29 is 4.79 Å². The minimum absolute atomic E-state index is 0.112. The predicted molar refractivity (Wildman–Crippen MR) is 81.0 cm³/mol. The fourth-order valence-electron chi connectivity index (χ4n) is 1.62. The summed E-state index contributed by atoms with van der Waals surface area (Å²) in [6.07, 6.45) is 0. The Morgan fingerprint density at radius 1 is 1.30 bits per heavy atom. The molecule has 0 atom stereocenters. The smallest absolute Gasteiger partial charge is 0.270 e. The summed E-state index contributed by atoms with van der Waals surface area (Å²) in [5.74, 6) is 1.08. The number of hydrogen-bond acceptors (Lipinski definition) is 5. The Balaban J connectivity index is 2.77. The van der Waals surface area contributed by atoms with Gasteiger partial charge in [-0.2, -0.15) is 0 Å². The van der Waals surface area contributed by atoms with Gasteiger partial charge >= 0.3 is 0 Å². The van der Waals surface area contributed by atoms with Crippen molar-refractivity contribution in [1.82, 2.24) is 20.2 Å². The van der Waals surface area contributed by atoms with Crippen molar-refractivity contribution in [2.75, 3.05) is 32.5 Å². The number of aromatic nitrogens is 2. The molecule has 0 aliphatic heterocycles. The minimum atomic E-state index is -0.172. The molecule has 0 aliphatic rings. The maximum absolute atomic E-state index is 12.0. The Morgan fingerprint density at radius 3 is 2.50 bits per heavy atom. The molecule has 0 aromatic carbocycles. The first-order valence-corrected chi connectivity index (χ1v) is 6.74. The third-order valence-electron chi connectivity index (χ3n) is 2.42. The first kappa shape index (κ1) is 16.4. The molecule has 20 heavy (non-hydrogen) atoms. The standard InChI is InChI=1S/C14H25N5O/c1-10-16-11(13(20)15-7-8-19(5)6)9-12(17-10)18-14(2,3)4/h9H,7-8H2,1-6H3,(H,15,20)(H,16,17,18). The van der Waals surface area contributed by atoms with Crippen molar-refractivity contribution >= 4 is 11.7 Å².